The van der Waals surface area contributed by atoms with Crippen molar-refractivity contribution in [2.45, 2.75) is 37.4 Å². The summed E-state index contributed by atoms with van der Waals surface area (Å²) in [4.78, 5) is 16.3. The number of amides is 1. The van der Waals surface area contributed by atoms with Gasteiger partial charge in [0.05, 0.1) is 5.60 Å². The lowest BCUT2D eigenvalue weighted by atomic mass is 9.84. The van der Waals surface area contributed by atoms with Gasteiger partial charge in [-0.1, -0.05) is 24.3 Å². The summed E-state index contributed by atoms with van der Waals surface area (Å²) in [5, 5.41) is 21.9. The molecule has 3 heterocycles. The number of carbonyl (C=O) groups is 1. The molecule has 0 aliphatic carbocycles. The van der Waals surface area contributed by atoms with Crippen molar-refractivity contribution in [3.8, 4) is 17.2 Å². The van der Waals surface area contributed by atoms with Crippen molar-refractivity contribution >= 4 is 12.0 Å². The Bertz CT molecular complexity index is 1090. The molecule has 2 fully saturated rings. The topological polar surface area (TPSA) is 91.7 Å². The first kappa shape index (κ1) is 24.6. The highest BCUT2D eigenvalue weighted by atomic mass is 16.7. The van der Waals surface area contributed by atoms with Crippen LogP contribution in [-0.4, -0.2) is 78.1 Å². The standard InChI is InChI=1S/C28H34N2O6/c31-23(19-34-24-6-2-1-5-21(24)7-10-27(32)30-13-3-4-14-30)18-29-15-11-28(33,12-16-29)22-8-9-25-26(17-22)36-20-35-25/h1-2,5-10,17,23,31,33H,3-4,11-16,18-20H2. The van der Waals surface area contributed by atoms with Gasteiger partial charge in [0.15, 0.2) is 11.5 Å². The highest BCUT2D eigenvalue weighted by Gasteiger charge is 2.35. The second-order valence-electron chi connectivity index (χ2n) is 9.77. The maximum absolute atomic E-state index is 12.3. The van der Waals surface area contributed by atoms with Gasteiger partial charge in [-0.3, -0.25) is 4.79 Å². The van der Waals surface area contributed by atoms with E-state index < -0.39 is 11.7 Å². The molecule has 8 heteroatoms. The fourth-order valence-corrected chi connectivity index (χ4v) is 5.07. The van der Waals surface area contributed by atoms with Crippen LogP contribution in [0.25, 0.3) is 6.08 Å². The maximum Gasteiger partial charge on any atom is 0.246 e. The van der Waals surface area contributed by atoms with Crippen LogP contribution in [-0.2, 0) is 10.4 Å². The molecule has 1 amide bonds. The van der Waals surface area contributed by atoms with Crippen molar-refractivity contribution < 1.29 is 29.2 Å². The first-order valence-corrected chi connectivity index (χ1v) is 12.7. The SMILES string of the molecule is O=C(C=Cc1ccccc1OCC(O)CN1CCC(O)(c2ccc3c(c2)OCO3)CC1)N1CCCC1. The molecule has 0 aromatic heterocycles. The van der Waals surface area contributed by atoms with Crippen LogP contribution in [0.2, 0.25) is 0 Å². The van der Waals surface area contributed by atoms with Gasteiger partial charge >= 0.3 is 0 Å². The summed E-state index contributed by atoms with van der Waals surface area (Å²) < 4.78 is 16.7. The van der Waals surface area contributed by atoms with Gasteiger partial charge in [-0.2, -0.15) is 0 Å². The van der Waals surface area contributed by atoms with Crippen molar-refractivity contribution in [3.05, 3.63) is 59.7 Å². The predicted octanol–water partition coefficient (Wildman–Crippen LogP) is 2.77. The summed E-state index contributed by atoms with van der Waals surface area (Å²) in [5.74, 6) is 2.04. The summed E-state index contributed by atoms with van der Waals surface area (Å²) in [7, 11) is 0. The zero-order valence-corrected chi connectivity index (χ0v) is 20.5. The number of rotatable bonds is 8. The lowest BCUT2D eigenvalue weighted by molar-refractivity contribution is -0.124. The van der Waals surface area contributed by atoms with Crippen molar-refractivity contribution in [3.63, 3.8) is 0 Å². The number of likely N-dealkylation sites (tertiary alicyclic amines) is 2. The fraction of sp³-hybridized carbons (Fsp3) is 0.464. The lowest BCUT2D eigenvalue weighted by Crippen LogP contribution is -2.46. The molecule has 0 radical (unpaired) electrons. The van der Waals surface area contributed by atoms with E-state index in [9.17, 15) is 15.0 Å². The van der Waals surface area contributed by atoms with E-state index in [0.717, 1.165) is 37.1 Å². The largest absolute Gasteiger partial charge is 0.490 e. The molecule has 0 spiro atoms. The summed E-state index contributed by atoms with van der Waals surface area (Å²) in [6.07, 6.45) is 5.96. The molecule has 2 saturated heterocycles. The minimum absolute atomic E-state index is 0.0214. The van der Waals surface area contributed by atoms with Gasteiger partial charge in [0.2, 0.25) is 12.7 Å². The third-order valence-corrected chi connectivity index (χ3v) is 7.24. The Morgan fingerprint density at radius 1 is 1.06 bits per heavy atom. The van der Waals surface area contributed by atoms with Crippen LogP contribution in [0.3, 0.4) is 0 Å². The van der Waals surface area contributed by atoms with E-state index in [1.807, 2.05) is 47.4 Å². The van der Waals surface area contributed by atoms with Crippen LogP contribution in [0.15, 0.2) is 48.5 Å². The van der Waals surface area contributed by atoms with E-state index in [-0.39, 0.29) is 19.3 Å². The third kappa shape index (κ3) is 5.67. The summed E-state index contributed by atoms with van der Waals surface area (Å²) >= 11 is 0. The monoisotopic (exact) mass is 494 g/mol. The molecule has 1 atom stereocenters. The summed E-state index contributed by atoms with van der Waals surface area (Å²) in [6, 6.07) is 13.1. The Morgan fingerprint density at radius 3 is 2.61 bits per heavy atom. The highest BCUT2D eigenvalue weighted by molar-refractivity contribution is 5.92. The zero-order valence-electron chi connectivity index (χ0n) is 20.5. The Hall–Kier alpha value is -3.07. The van der Waals surface area contributed by atoms with Crippen molar-refractivity contribution in [2.24, 2.45) is 0 Å². The van der Waals surface area contributed by atoms with Gasteiger partial charge in [-0.15, -0.1) is 0 Å². The normalized spacial score (nSPS) is 20.1. The van der Waals surface area contributed by atoms with E-state index in [0.29, 0.717) is 49.7 Å². The maximum atomic E-state index is 12.3. The van der Waals surface area contributed by atoms with E-state index in [4.69, 9.17) is 14.2 Å². The van der Waals surface area contributed by atoms with E-state index in [1.165, 1.54) is 0 Å². The van der Waals surface area contributed by atoms with E-state index in [1.54, 1.807) is 12.2 Å². The minimum Gasteiger partial charge on any atom is -0.490 e. The molecule has 192 valence electrons. The van der Waals surface area contributed by atoms with Gasteiger partial charge in [0.1, 0.15) is 18.5 Å². The van der Waals surface area contributed by atoms with Gasteiger partial charge in [-0.25, -0.2) is 0 Å². The average Bonchev–Trinajstić information content (AvgIpc) is 3.60. The molecule has 2 aromatic carbocycles. The first-order chi connectivity index (χ1) is 17.5. The minimum atomic E-state index is -0.920. The Labute approximate surface area is 211 Å². The average molecular weight is 495 g/mol. The smallest absolute Gasteiger partial charge is 0.246 e. The molecule has 5 rings (SSSR count). The number of benzene rings is 2. The van der Waals surface area contributed by atoms with Gasteiger partial charge in [-0.05, 0) is 55.5 Å². The molecular weight excluding hydrogens is 460 g/mol. The lowest BCUT2D eigenvalue weighted by Gasteiger charge is -2.39. The molecule has 2 N–H and O–H groups in total. The van der Waals surface area contributed by atoms with Crippen LogP contribution in [0.4, 0.5) is 0 Å². The van der Waals surface area contributed by atoms with Crippen LogP contribution >= 0.6 is 0 Å². The first-order valence-electron chi connectivity index (χ1n) is 12.7. The number of aliphatic hydroxyl groups excluding tert-OH is 1. The van der Waals surface area contributed by atoms with E-state index in [2.05, 4.69) is 4.90 Å². The van der Waals surface area contributed by atoms with Crippen molar-refractivity contribution in [1.82, 2.24) is 9.80 Å². The molecule has 1 unspecified atom stereocenters. The van der Waals surface area contributed by atoms with Crippen LogP contribution in [0.1, 0.15) is 36.8 Å². The van der Waals surface area contributed by atoms with Crippen LogP contribution < -0.4 is 14.2 Å². The zero-order chi connectivity index (χ0) is 25.0. The van der Waals surface area contributed by atoms with Gasteiger partial charge in [0.25, 0.3) is 0 Å². The number of hydrogen-bond donors (Lipinski definition) is 2. The van der Waals surface area contributed by atoms with Gasteiger partial charge in [0, 0.05) is 44.4 Å². The highest BCUT2D eigenvalue weighted by Crippen LogP contribution is 2.39. The number of piperidine rings is 1. The molecule has 3 aliphatic rings. The Kier molecular flexibility index (Phi) is 7.46. The van der Waals surface area contributed by atoms with E-state index >= 15 is 0 Å². The fourth-order valence-electron chi connectivity index (χ4n) is 5.07. The third-order valence-electron chi connectivity index (χ3n) is 7.24. The number of nitrogens with zero attached hydrogens (tertiary/aromatic N) is 2. The molecule has 3 aliphatic heterocycles. The van der Waals surface area contributed by atoms with Crippen molar-refractivity contribution in [2.75, 3.05) is 46.1 Å². The Balaban J connectivity index is 1.11. The number of ether oxygens (including phenoxy) is 3. The number of para-hydroxylation sites is 1. The molecule has 0 bridgehead atoms. The number of hydrogen-bond acceptors (Lipinski definition) is 7. The molecular formula is C28H34N2O6. The second kappa shape index (κ2) is 10.9. The molecule has 8 nitrogen and oxygen atoms in total. The van der Waals surface area contributed by atoms with Crippen LogP contribution in [0, 0.1) is 0 Å². The van der Waals surface area contributed by atoms with Gasteiger partial charge < -0.3 is 34.2 Å². The molecule has 2 aromatic rings. The summed E-state index contributed by atoms with van der Waals surface area (Å²) in [6.45, 7) is 3.79. The molecule has 36 heavy (non-hydrogen) atoms. The molecule has 0 saturated carbocycles. The van der Waals surface area contributed by atoms with Crippen molar-refractivity contribution in [1.29, 1.82) is 0 Å². The Morgan fingerprint density at radius 2 is 1.81 bits per heavy atom. The predicted molar refractivity (Wildman–Crippen MR) is 135 cm³/mol. The number of carbonyl (C=O) groups excluding carboxylic acids is 1. The quantitative estimate of drug-likeness (QED) is 0.546. The number of aliphatic hydroxyl groups is 2. The van der Waals surface area contributed by atoms with Crippen LogP contribution in [0.5, 0.6) is 17.2 Å². The second-order valence-corrected chi connectivity index (χ2v) is 9.77. The summed E-state index contributed by atoms with van der Waals surface area (Å²) in [5.41, 5.74) is 0.726. The number of β-amino-alcohol motifs (C(OH)–C–C–N with tert-alkyl or cyclic N) is 1. The number of fused-ring (bicyclic) bond motifs is 1.